The molecule has 1 fully saturated rings. The molecule has 142 valence electrons. The number of hydrogen-bond donors (Lipinski definition) is 0. The van der Waals surface area contributed by atoms with Crippen molar-refractivity contribution in [3.05, 3.63) is 23.3 Å². The first-order chi connectivity index (χ1) is 12.1. The maximum atomic E-state index is 14.3. The van der Waals surface area contributed by atoms with Gasteiger partial charge >= 0.3 is 0 Å². The highest BCUT2D eigenvalue weighted by atomic mass is 19.2. The zero-order valence-electron chi connectivity index (χ0n) is 15.9. The van der Waals surface area contributed by atoms with Crippen molar-refractivity contribution in [2.75, 3.05) is 13.2 Å². The maximum absolute atomic E-state index is 14.3. The fourth-order valence-electron chi connectivity index (χ4n) is 3.84. The van der Waals surface area contributed by atoms with E-state index in [-0.39, 0.29) is 11.5 Å². The predicted molar refractivity (Wildman–Crippen MR) is 97.3 cm³/mol. The van der Waals surface area contributed by atoms with Gasteiger partial charge in [0.25, 0.3) is 0 Å². The molecule has 2 nitrogen and oxygen atoms in total. The minimum Gasteiger partial charge on any atom is -0.491 e. The van der Waals surface area contributed by atoms with Crippen molar-refractivity contribution in [3.8, 4) is 11.5 Å². The summed E-state index contributed by atoms with van der Waals surface area (Å²) in [6.07, 6.45) is 9.90. The van der Waals surface area contributed by atoms with E-state index in [0.29, 0.717) is 24.7 Å². The van der Waals surface area contributed by atoms with Crippen LogP contribution in [0.2, 0.25) is 0 Å². The molecule has 0 aliphatic heterocycles. The third-order valence-corrected chi connectivity index (χ3v) is 5.18. The van der Waals surface area contributed by atoms with Crippen molar-refractivity contribution in [2.24, 2.45) is 11.8 Å². The van der Waals surface area contributed by atoms with Gasteiger partial charge in [0.1, 0.15) is 0 Å². The Morgan fingerprint density at radius 3 is 2.52 bits per heavy atom. The third-order valence-electron chi connectivity index (χ3n) is 5.18. The van der Waals surface area contributed by atoms with Gasteiger partial charge < -0.3 is 9.47 Å². The molecule has 2 atom stereocenters. The van der Waals surface area contributed by atoms with E-state index in [1.54, 1.807) is 13.8 Å². The topological polar surface area (TPSA) is 18.5 Å². The summed E-state index contributed by atoms with van der Waals surface area (Å²) in [7, 11) is 0. The third kappa shape index (κ3) is 5.58. The average molecular weight is 354 g/mol. The molecule has 2 unspecified atom stereocenters. The van der Waals surface area contributed by atoms with Crippen LogP contribution < -0.4 is 9.47 Å². The SMILES string of the molecule is CCCCCC1CCCC(COc2c(C)cc(OCC)c(F)c2F)C1. The Kier molecular flexibility index (Phi) is 7.98. The quantitative estimate of drug-likeness (QED) is 0.475. The molecule has 1 saturated carbocycles. The Hall–Kier alpha value is -1.32. The molecule has 1 aromatic rings. The molecule has 4 heteroatoms. The summed E-state index contributed by atoms with van der Waals surface area (Å²) in [6.45, 7) is 6.48. The van der Waals surface area contributed by atoms with Crippen LogP contribution in [-0.2, 0) is 0 Å². The van der Waals surface area contributed by atoms with Crippen LogP contribution in [0, 0.1) is 30.4 Å². The second kappa shape index (κ2) is 9.98. The van der Waals surface area contributed by atoms with Crippen LogP contribution in [0.1, 0.15) is 70.8 Å². The number of ether oxygens (including phenoxy) is 2. The summed E-state index contributed by atoms with van der Waals surface area (Å²) in [6, 6.07) is 1.52. The van der Waals surface area contributed by atoms with Crippen LogP contribution in [0.25, 0.3) is 0 Å². The molecule has 25 heavy (non-hydrogen) atoms. The van der Waals surface area contributed by atoms with Gasteiger partial charge in [-0.15, -0.1) is 0 Å². The number of halogens is 2. The molecule has 2 rings (SSSR count). The monoisotopic (exact) mass is 354 g/mol. The van der Waals surface area contributed by atoms with Crippen molar-refractivity contribution in [3.63, 3.8) is 0 Å². The van der Waals surface area contributed by atoms with Crippen LogP contribution in [0.15, 0.2) is 6.07 Å². The first kappa shape index (κ1) is 20.0. The van der Waals surface area contributed by atoms with Crippen molar-refractivity contribution < 1.29 is 18.3 Å². The Morgan fingerprint density at radius 1 is 1.04 bits per heavy atom. The Labute approximate surface area is 150 Å². The molecule has 1 aliphatic carbocycles. The number of benzene rings is 1. The van der Waals surface area contributed by atoms with Gasteiger partial charge in [-0.3, -0.25) is 0 Å². The molecule has 0 saturated heterocycles. The van der Waals surface area contributed by atoms with Crippen LogP contribution in [0.4, 0.5) is 8.78 Å². The molecule has 1 aliphatic rings. The summed E-state index contributed by atoms with van der Waals surface area (Å²) >= 11 is 0. The summed E-state index contributed by atoms with van der Waals surface area (Å²) in [5.74, 6) is -0.694. The molecule has 0 aromatic heterocycles. The van der Waals surface area contributed by atoms with Crippen LogP contribution in [0.5, 0.6) is 11.5 Å². The summed E-state index contributed by atoms with van der Waals surface area (Å²) in [5.41, 5.74) is 0.581. The van der Waals surface area contributed by atoms with Crippen LogP contribution in [-0.4, -0.2) is 13.2 Å². The smallest absolute Gasteiger partial charge is 0.204 e. The largest absolute Gasteiger partial charge is 0.491 e. The van der Waals surface area contributed by atoms with Crippen LogP contribution >= 0.6 is 0 Å². The molecular weight excluding hydrogens is 322 g/mol. The fourth-order valence-corrected chi connectivity index (χ4v) is 3.84. The highest BCUT2D eigenvalue weighted by Gasteiger charge is 2.24. The predicted octanol–water partition coefficient (Wildman–Crippen LogP) is 6.44. The summed E-state index contributed by atoms with van der Waals surface area (Å²) in [4.78, 5) is 0. The van der Waals surface area contributed by atoms with E-state index in [1.807, 2.05) is 0 Å². The van der Waals surface area contributed by atoms with Crippen molar-refractivity contribution in [1.82, 2.24) is 0 Å². The lowest BCUT2D eigenvalue weighted by Crippen LogP contribution is -2.21. The standard InChI is InChI=1S/C21H32F2O2/c1-4-6-7-9-16-10-8-11-17(13-16)14-25-21-15(3)12-18(24-5-2)19(22)20(21)23/h12,16-17H,4-11,13-14H2,1-3H3. The van der Waals surface area contributed by atoms with E-state index >= 15 is 0 Å². The lowest BCUT2D eigenvalue weighted by molar-refractivity contribution is 0.164. The lowest BCUT2D eigenvalue weighted by Gasteiger charge is -2.29. The summed E-state index contributed by atoms with van der Waals surface area (Å²) < 4.78 is 39.2. The Bertz CT molecular complexity index is 545. The normalized spacial score (nSPS) is 20.5. The van der Waals surface area contributed by atoms with E-state index in [0.717, 1.165) is 18.8 Å². The number of aryl methyl sites for hydroxylation is 1. The van der Waals surface area contributed by atoms with Gasteiger partial charge in [-0.05, 0) is 50.2 Å². The molecule has 0 amide bonds. The number of hydrogen-bond acceptors (Lipinski definition) is 2. The molecule has 0 spiro atoms. The molecule has 0 radical (unpaired) electrons. The van der Waals surface area contributed by atoms with E-state index in [1.165, 1.54) is 44.6 Å². The van der Waals surface area contributed by atoms with Gasteiger partial charge in [0.15, 0.2) is 11.5 Å². The van der Waals surface area contributed by atoms with Gasteiger partial charge in [0, 0.05) is 0 Å². The Morgan fingerprint density at radius 2 is 1.80 bits per heavy atom. The zero-order valence-corrected chi connectivity index (χ0v) is 15.9. The molecule has 1 aromatic carbocycles. The highest BCUT2D eigenvalue weighted by Crippen LogP contribution is 2.35. The molecular formula is C21H32F2O2. The lowest BCUT2D eigenvalue weighted by atomic mass is 9.79. The van der Waals surface area contributed by atoms with E-state index < -0.39 is 11.6 Å². The van der Waals surface area contributed by atoms with E-state index in [4.69, 9.17) is 9.47 Å². The number of rotatable bonds is 9. The molecule has 0 heterocycles. The maximum Gasteiger partial charge on any atom is 0.204 e. The second-order valence-electron chi connectivity index (χ2n) is 7.29. The van der Waals surface area contributed by atoms with Gasteiger partial charge in [-0.2, -0.15) is 8.78 Å². The second-order valence-corrected chi connectivity index (χ2v) is 7.29. The van der Waals surface area contributed by atoms with Gasteiger partial charge in [0.05, 0.1) is 13.2 Å². The van der Waals surface area contributed by atoms with E-state index in [2.05, 4.69) is 6.92 Å². The first-order valence-electron chi connectivity index (χ1n) is 9.80. The van der Waals surface area contributed by atoms with E-state index in [9.17, 15) is 8.78 Å². The minimum absolute atomic E-state index is 0.0362. The van der Waals surface area contributed by atoms with Crippen molar-refractivity contribution in [2.45, 2.75) is 72.1 Å². The first-order valence-corrected chi connectivity index (χ1v) is 9.80. The van der Waals surface area contributed by atoms with Gasteiger partial charge in [0.2, 0.25) is 11.6 Å². The minimum atomic E-state index is -0.955. The molecule has 0 bridgehead atoms. The average Bonchev–Trinajstić information content (AvgIpc) is 2.60. The molecule has 0 N–H and O–H groups in total. The van der Waals surface area contributed by atoms with Crippen molar-refractivity contribution in [1.29, 1.82) is 0 Å². The Balaban J connectivity index is 1.93. The summed E-state index contributed by atoms with van der Waals surface area (Å²) in [5, 5.41) is 0. The fraction of sp³-hybridized carbons (Fsp3) is 0.714. The van der Waals surface area contributed by atoms with Gasteiger partial charge in [-0.25, -0.2) is 0 Å². The van der Waals surface area contributed by atoms with Gasteiger partial charge in [-0.1, -0.05) is 45.4 Å². The van der Waals surface area contributed by atoms with Crippen LogP contribution in [0.3, 0.4) is 0 Å². The van der Waals surface area contributed by atoms with Crippen molar-refractivity contribution >= 4 is 0 Å². The zero-order chi connectivity index (χ0) is 18.2. The number of unbranched alkanes of at least 4 members (excludes halogenated alkanes) is 2. The highest BCUT2D eigenvalue weighted by molar-refractivity contribution is 5.42.